The highest BCUT2D eigenvalue weighted by Gasteiger charge is 2.12. The first-order valence-electron chi connectivity index (χ1n) is 6.00. The number of aromatic nitrogens is 2. The van der Waals surface area contributed by atoms with Crippen molar-refractivity contribution in [2.24, 2.45) is 7.05 Å². The van der Waals surface area contributed by atoms with Gasteiger partial charge < -0.3 is 5.32 Å². The van der Waals surface area contributed by atoms with Gasteiger partial charge in [-0.15, -0.1) is 0 Å². The van der Waals surface area contributed by atoms with Gasteiger partial charge in [0.05, 0.1) is 5.69 Å². The Hall–Kier alpha value is -0.840. The standard InChI is InChI=1S/C13H18ClN3S/c1-9(6-11-4-5-18-8-11)15-7-12-10(2)16-17(3)13(12)14/h4-5,8-9,15H,6-7H2,1-3H3. The Labute approximate surface area is 117 Å². The fourth-order valence-electron chi connectivity index (χ4n) is 1.99. The summed E-state index contributed by atoms with van der Waals surface area (Å²) >= 11 is 7.94. The second-order valence-corrected chi connectivity index (χ2v) is 5.73. The average Bonchev–Trinajstić information content (AvgIpc) is 2.88. The van der Waals surface area contributed by atoms with Crippen LogP contribution in [0.25, 0.3) is 0 Å². The van der Waals surface area contributed by atoms with Crippen molar-refractivity contribution >= 4 is 22.9 Å². The molecule has 5 heteroatoms. The molecule has 1 N–H and O–H groups in total. The van der Waals surface area contributed by atoms with Crippen LogP contribution < -0.4 is 5.32 Å². The maximum atomic E-state index is 6.20. The van der Waals surface area contributed by atoms with E-state index < -0.39 is 0 Å². The number of halogens is 1. The summed E-state index contributed by atoms with van der Waals surface area (Å²) in [6.07, 6.45) is 1.04. The van der Waals surface area contributed by atoms with Gasteiger partial charge >= 0.3 is 0 Å². The van der Waals surface area contributed by atoms with Crippen molar-refractivity contribution in [2.45, 2.75) is 32.9 Å². The predicted molar refractivity (Wildman–Crippen MR) is 77.3 cm³/mol. The molecule has 2 aromatic heterocycles. The first-order valence-corrected chi connectivity index (χ1v) is 7.32. The van der Waals surface area contributed by atoms with Gasteiger partial charge in [-0.2, -0.15) is 16.4 Å². The highest BCUT2D eigenvalue weighted by molar-refractivity contribution is 7.07. The van der Waals surface area contributed by atoms with Crippen molar-refractivity contribution < 1.29 is 0 Å². The van der Waals surface area contributed by atoms with Gasteiger partial charge in [0, 0.05) is 25.2 Å². The Bertz CT molecular complexity index is 505. The van der Waals surface area contributed by atoms with E-state index in [9.17, 15) is 0 Å². The van der Waals surface area contributed by atoms with E-state index in [-0.39, 0.29) is 0 Å². The summed E-state index contributed by atoms with van der Waals surface area (Å²) in [7, 11) is 1.87. The van der Waals surface area contributed by atoms with Crippen molar-refractivity contribution in [3.05, 3.63) is 38.8 Å². The molecule has 2 aromatic rings. The molecule has 2 rings (SSSR count). The van der Waals surface area contributed by atoms with Gasteiger partial charge in [0.25, 0.3) is 0 Å². The largest absolute Gasteiger partial charge is 0.310 e. The molecule has 0 aliphatic carbocycles. The molecule has 1 atom stereocenters. The third-order valence-corrected chi connectivity index (χ3v) is 4.22. The third kappa shape index (κ3) is 3.13. The Morgan fingerprint density at radius 1 is 1.56 bits per heavy atom. The van der Waals surface area contributed by atoms with E-state index in [0.29, 0.717) is 6.04 Å². The van der Waals surface area contributed by atoms with Gasteiger partial charge in [0.15, 0.2) is 0 Å². The molecule has 0 aliphatic rings. The quantitative estimate of drug-likeness (QED) is 0.913. The first kappa shape index (κ1) is 13.6. The maximum absolute atomic E-state index is 6.20. The number of nitrogens with zero attached hydrogens (tertiary/aromatic N) is 2. The zero-order chi connectivity index (χ0) is 13.1. The Morgan fingerprint density at radius 2 is 2.33 bits per heavy atom. The molecular weight excluding hydrogens is 266 g/mol. The highest BCUT2D eigenvalue weighted by atomic mass is 35.5. The summed E-state index contributed by atoms with van der Waals surface area (Å²) in [4.78, 5) is 0. The van der Waals surface area contributed by atoms with Crippen molar-refractivity contribution in [3.8, 4) is 0 Å². The molecule has 0 fully saturated rings. The summed E-state index contributed by atoms with van der Waals surface area (Å²) in [5.41, 5.74) is 3.48. The van der Waals surface area contributed by atoms with Crippen molar-refractivity contribution in [1.82, 2.24) is 15.1 Å². The lowest BCUT2D eigenvalue weighted by atomic mass is 10.1. The number of hydrogen-bond acceptors (Lipinski definition) is 3. The molecule has 98 valence electrons. The van der Waals surface area contributed by atoms with Crippen LogP contribution in [0.1, 0.15) is 23.7 Å². The molecule has 0 spiro atoms. The van der Waals surface area contributed by atoms with E-state index in [1.807, 2.05) is 14.0 Å². The number of nitrogens with one attached hydrogen (secondary N) is 1. The maximum Gasteiger partial charge on any atom is 0.131 e. The van der Waals surface area contributed by atoms with Crippen molar-refractivity contribution in [2.75, 3.05) is 0 Å². The number of rotatable bonds is 5. The second kappa shape index (κ2) is 5.87. The predicted octanol–water partition coefficient (Wildman–Crippen LogP) is 3.16. The topological polar surface area (TPSA) is 29.9 Å². The average molecular weight is 284 g/mol. The summed E-state index contributed by atoms with van der Waals surface area (Å²) in [5.74, 6) is 0. The van der Waals surface area contributed by atoms with Crippen molar-refractivity contribution in [3.63, 3.8) is 0 Å². The highest BCUT2D eigenvalue weighted by Crippen LogP contribution is 2.18. The summed E-state index contributed by atoms with van der Waals surface area (Å²) in [6, 6.07) is 2.60. The van der Waals surface area contributed by atoms with Crippen LogP contribution in [0, 0.1) is 6.92 Å². The summed E-state index contributed by atoms with van der Waals surface area (Å²) in [6.45, 7) is 4.95. The molecule has 1 unspecified atom stereocenters. The Morgan fingerprint density at radius 3 is 2.89 bits per heavy atom. The van der Waals surface area contributed by atoms with Crippen molar-refractivity contribution in [1.29, 1.82) is 0 Å². The van der Waals surface area contributed by atoms with Gasteiger partial charge in [-0.1, -0.05) is 11.6 Å². The molecular formula is C13H18ClN3S. The minimum atomic E-state index is 0.426. The lowest BCUT2D eigenvalue weighted by molar-refractivity contribution is 0.545. The number of hydrogen-bond donors (Lipinski definition) is 1. The molecule has 0 saturated carbocycles. The van der Waals surface area contributed by atoms with E-state index in [2.05, 4.69) is 34.2 Å². The molecule has 0 amide bonds. The second-order valence-electron chi connectivity index (χ2n) is 4.60. The number of aryl methyl sites for hydroxylation is 2. The lowest BCUT2D eigenvalue weighted by Crippen LogP contribution is -2.27. The molecule has 3 nitrogen and oxygen atoms in total. The number of thiophene rings is 1. The van der Waals surface area contributed by atoms with E-state index >= 15 is 0 Å². The van der Waals surface area contributed by atoms with Gasteiger partial charge in [0.2, 0.25) is 0 Å². The van der Waals surface area contributed by atoms with Gasteiger partial charge in [-0.3, -0.25) is 4.68 Å². The van der Waals surface area contributed by atoms with E-state index in [0.717, 1.165) is 29.4 Å². The molecule has 0 radical (unpaired) electrons. The zero-order valence-corrected chi connectivity index (χ0v) is 12.5. The van der Waals surface area contributed by atoms with Crippen LogP contribution in [-0.4, -0.2) is 15.8 Å². The lowest BCUT2D eigenvalue weighted by Gasteiger charge is -2.12. The van der Waals surface area contributed by atoms with E-state index in [1.54, 1.807) is 16.0 Å². The fourth-order valence-corrected chi connectivity index (χ4v) is 2.91. The zero-order valence-electron chi connectivity index (χ0n) is 10.9. The van der Waals surface area contributed by atoms with E-state index in [4.69, 9.17) is 11.6 Å². The third-order valence-electron chi connectivity index (χ3n) is 3.02. The first-order chi connectivity index (χ1) is 8.58. The Balaban J connectivity index is 1.91. The molecule has 0 bridgehead atoms. The van der Waals surface area contributed by atoms with Crippen LogP contribution in [0.3, 0.4) is 0 Å². The van der Waals surface area contributed by atoms with Crippen LogP contribution in [0.5, 0.6) is 0 Å². The molecule has 2 heterocycles. The van der Waals surface area contributed by atoms with Gasteiger partial charge in [-0.05, 0) is 42.7 Å². The minimum Gasteiger partial charge on any atom is -0.310 e. The van der Waals surface area contributed by atoms with Crippen LogP contribution in [-0.2, 0) is 20.0 Å². The molecule has 0 aromatic carbocycles. The van der Waals surface area contributed by atoms with E-state index in [1.165, 1.54) is 5.56 Å². The minimum absolute atomic E-state index is 0.426. The summed E-state index contributed by atoms with van der Waals surface area (Å²) in [5, 5.41) is 12.8. The molecule has 18 heavy (non-hydrogen) atoms. The molecule has 0 aliphatic heterocycles. The normalized spacial score (nSPS) is 12.9. The van der Waals surface area contributed by atoms with Crippen LogP contribution in [0.15, 0.2) is 16.8 Å². The van der Waals surface area contributed by atoms with Crippen LogP contribution in [0.4, 0.5) is 0 Å². The SMILES string of the molecule is Cc1nn(C)c(Cl)c1CNC(C)Cc1ccsc1. The summed E-state index contributed by atoms with van der Waals surface area (Å²) < 4.78 is 1.72. The smallest absolute Gasteiger partial charge is 0.131 e. The fraction of sp³-hybridized carbons (Fsp3) is 0.462. The molecule has 0 saturated heterocycles. The van der Waals surface area contributed by atoms with Gasteiger partial charge in [0.1, 0.15) is 5.15 Å². The van der Waals surface area contributed by atoms with Crippen LogP contribution >= 0.6 is 22.9 Å². The van der Waals surface area contributed by atoms with Gasteiger partial charge in [-0.25, -0.2) is 0 Å². The monoisotopic (exact) mass is 283 g/mol. The van der Waals surface area contributed by atoms with Crippen LogP contribution in [0.2, 0.25) is 5.15 Å². The Kier molecular flexibility index (Phi) is 4.43.